The van der Waals surface area contributed by atoms with Crippen molar-refractivity contribution in [3.8, 4) is 5.75 Å². The van der Waals surface area contributed by atoms with Crippen molar-refractivity contribution in [3.05, 3.63) is 64.2 Å². The van der Waals surface area contributed by atoms with Crippen molar-refractivity contribution < 1.29 is 14.3 Å². The van der Waals surface area contributed by atoms with E-state index in [1.165, 1.54) is 0 Å². The van der Waals surface area contributed by atoms with Gasteiger partial charge < -0.3 is 15.0 Å². The number of benzene rings is 2. The maximum atomic E-state index is 13.1. The summed E-state index contributed by atoms with van der Waals surface area (Å²) in [6.07, 6.45) is 0.492. The van der Waals surface area contributed by atoms with Gasteiger partial charge >= 0.3 is 0 Å². The minimum atomic E-state index is -0.596. The molecule has 0 saturated heterocycles. The van der Waals surface area contributed by atoms with E-state index in [0.717, 1.165) is 16.7 Å². The molecule has 0 heterocycles. The van der Waals surface area contributed by atoms with Gasteiger partial charge in [0.15, 0.2) is 6.61 Å². The van der Waals surface area contributed by atoms with E-state index in [0.29, 0.717) is 23.7 Å². The standard InChI is InChI=1S/C23H29ClN2O3/c1-5-21(23(28)25-6-2)26(14-18-9-7-8-10-20(18)24)22(27)15-29-19-12-16(3)11-17(4)13-19/h7-13,21H,5-6,14-15H2,1-4H3,(H,25,28). The number of carbonyl (C=O) groups excluding carboxylic acids is 2. The number of ether oxygens (including phenoxy) is 1. The molecule has 0 fully saturated rings. The Hall–Kier alpha value is -2.53. The predicted octanol–water partition coefficient (Wildman–Crippen LogP) is 4.28. The van der Waals surface area contributed by atoms with Gasteiger partial charge in [0.1, 0.15) is 11.8 Å². The molecule has 2 aromatic rings. The van der Waals surface area contributed by atoms with E-state index in [9.17, 15) is 9.59 Å². The molecular weight excluding hydrogens is 388 g/mol. The van der Waals surface area contributed by atoms with Crippen molar-refractivity contribution in [1.29, 1.82) is 0 Å². The van der Waals surface area contributed by atoms with E-state index >= 15 is 0 Å². The number of likely N-dealkylation sites (N-methyl/N-ethyl adjacent to an activating group) is 1. The zero-order valence-electron chi connectivity index (χ0n) is 17.5. The van der Waals surface area contributed by atoms with Crippen LogP contribution in [0.25, 0.3) is 0 Å². The van der Waals surface area contributed by atoms with Gasteiger partial charge in [-0.3, -0.25) is 9.59 Å². The highest BCUT2D eigenvalue weighted by Gasteiger charge is 2.29. The summed E-state index contributed by atoms with van der Waals surface area (Å²) in [5.74, 6) is 0.198. The van der Waals surface area contributed by atoms with E-state index < -0.39 is 6.04 Å². The fourth-order valence-corrected chi connectivity index (χ4v) is 3.46. The third-order valence-electron chi connectivity index (χ3n) is 4.59. The Bertz CT molecular complexity index is 834. The Labute approximate surface area is 178 Å². The van der Waals surface area contributed by atoms with Crippen molar-refractivity contribution in [2.75, 3.05) is 13.2 Å². The van der Waals surface area contributed by atoms with Crippen LogP contribution in [-0.2, 0) is 16.1 Å². The fourth-order valence-electron chi connectivity index (χ4n) is 3.27. The molecule has 2 aromatic carbocycles. The van der Waals surface area contributed by atoms with Crippen molar-refractivity contribution in [2.45, 2.75) is 46.7 Å². The molecular formula is C23H29ClN2O3. The fraction of sp³-hybridized carbons (Fsp3) is 0.391. The van der Waals surface area contributed by atoms with Crippen LogP contribution < -0.4 is 10.1 Å². The Balaban J connectivity index is 2.23. The van der Waals surface area contributed by atoms with Crippen LogP contribution >= 0.6 is 11.6 Å². The van der Waals surface area contributed by atoms with Gasteiger partial charge in [0.2, 0.25) is 5.91 Å². The number of amides is 2. The van der Waals surface area contributed by atoms with Crippen molar-refractivity contribution >= 4 is 23.4 Å². The van der Waals surface area contributed by atoms with E-state index in [1.54, 1.807) is 11.0 Å². The summed E-state index contributed by atoms with van der Waals surface area (Å²) < 4.78 is 5.76. The maximum Gasteiger partial charge on any atom is 0.261 e. The monoisotopic (exact) mass is 416 g/mol. The van der Waals surface area contributed by atoms with E-state index in [1.807, 2.05) is 64.1 Å². The van der Waals surface area contributed by atoms with Crippen LogP contribution in [-0.4, -0.2) is 35.9 Å². The SMILES string of the molecule is CCNC(=O)C(CC)N(Cc1ccccc1Cl)C(=O)COc1cc(C)cc(C)c1. The summed E-state index contributed by atoms with van der Waals surface area (Å²) in [6, 6.07) is 12.6. The number of hydrogen-bond acceptors (Lipinski definition) is 3. The molecule has 0 aliphatic rings. The quantitative estimate of drug-likeness (QED) is 0.663. The number of hydrogen-bond donors (Lipinski definition) is 1. The Morgan fingerprint density at radius 3 is 2.34 bits per heavy atom. The maximum absolute atomic E-state index is 13.1. The van der Waals surface area contributed by atoms with Crippen LogP contribution in [0.3, 0.4) is 0 Å². The molecule has 0 aromatic heterocycles. The number of nitrogens with one attached hydrogen (secondary N) is 1. The lowest BCUT2D eigenvalue weighted by Crippen LogP contribution is -2.50. The first-order valence-electron chi connectivity index (χ1n) is 9.87. The lowest BCUT2D eigenvalue weighted by Gasteiger charge is -2.30. The highest BCUT2D eigenvalue weighted by molar-refractivity contribution is 6.31. The molecule has 0 bridgehead atoms. The van der Waals surface area contributed by atoms with Gasteiger partial charge in [-0.15, -0.1) is 0 Å². The van der Waals surface area contributed by atoms with Crippen molar-refractivity contribution in [2.24, 2.45) is 0 Å². The van der Waals surface area contributed by atoms with Gasteiger partial charge in [-0.05, 0) is 62.1 Å². The highest BCUT2D eigenvalue weighted by atomic mass is 35.5. The molecule has 2 amide bonds. The van der Waals surface area contributed by atoms with E-state index in [2.05, 4.69) is 5.32 Å². The largest absolute Gasteiger partial charge is 0.484 e. The molecule has 0 saturated carbocycles. The molecule has 0 radical (unpaired) electrons. The van der Waals surface area contributed by atoms with Gasteiger partial charge in [-0.25, -0.2) is 0 Å². The summed E-state index contributed by atoms with van der Waals surface area (Å²) in [6.45, 7) is 8.29. The smallest absolute Gasteiger partial charge is 0.261 e. The minimum Gasteiger partial charge on any atom is -0.484 e. The van der Waals surface area contributed by atoms with Crippen LogP contribution in [0.15, 0.2) is 42.5 Å². The number of aryl methyl sites for hydroxylation is 2. The average molecular weight is 417 g/mol. The zero-order valence-corrected chi connectivity index (χ0v) is 18.3. The topological polar surface area (TPSA) is 58.6 Å². The number of rotatable bonds is 9. The van der Waals surface area contributed by atoms with Gasteiger partial charge in [0, 0.05) is 18.1 Å². The van der Waals surface area contributed by atoms with E-state index in [-0.39, 0.29) is 25.0 Å². The summed E-state index contributed by atoms with van der Waals surface area (Å²) in [4.78, 5) is 27.2. The van der Waals surface area contributed by atoms with Crippen molar-refractivity contribution in [1.82, 2.24) is 10.2 Å². The Kier molecular flexibility index (Phi) is 8.52. The first-order chi connectivity index (χ1) is 13.8. The molecule has 5 nitrogen and oxygen atoms in total. The van der Waals surface area contributed by atoms with Crippen LogP contribution in [0.1, 0.15) is 37.0 Å². The van der Waals surface area contributed by atoms with Gasteiger partial charge in [0.25, 0.3) is 5.91 Å². The summed E-state index contributed by atoms with van der Waals surface area (Å²) in [7, 11) is 0. The molecule has 156 valence electrons. The molecule has 0 aliphatic carbocycles. The molecule has 2 rings (SSSR count). The van der Waals surface area contributed by atoms with Gasteiger partial charge in [0.05, 0.1) is 0 Å². The van der Waals surface area contributed by atoms with Crippen LogP contribution in [0.2, 0.25) is 5.02 Å². The molecule has 1 N–H and O–H groups in total. The first-order valence-corrected chi connectivity index (χ1v) is 10.2. The molecule has 6 heteroatoms. The number of halogens is 1. The summed E-state index contributed by atoms with van der Waals surface area (Å²) in [5, 5.41) is 3.38. The second-order valence-electron chi connectivity index (χ2n) is 7.04. The van der Waals surface area contributed by atoms with Crippen LogP contribution in [0.5, 0.6) is 5.75 Å². The third-order valence-corrected chi connectivity index (χ3v) is 4.96. The predicted molar refractivity (Wildman–Crippen MR) is 116 cm³/mol. The first kappa shape index (κ1) is 22.8. The second-order valence-corrected chi connectivity index (χ2v) is 7.45. The lowest BCUT2D eigenvalue weighted by atomic mass is 10.1. The molecule has 0 spiro atoms. The molecule has 0 aliphatic heterocycles. The normalized spacial score (nSPS) is 11.6. The second kappa shape index (κ2) is 10.9. The van der Waals surface area contributed by atoms with Crippen LogP contribution in [0.4, 0.5) is 0 Å². The summed E-state index contributed by atoms with van der Waals surface area (Å²) >= 11 is 6.30. The third kappa shape index (κ3) is 6.50. The van der Waals surface area contributed by atoms with Gasteiger partial charge in [-0.1, -0.05) is 42.8 Å². The lowest BCUT2D eigenvalue weighted by molar-refractivity contribution is -0.142. The van der Waals surface area contributed by atoms with Crippen molar-refractivity contribution in [3.63, 3.8) is 0 Å². The Morgan fingerprint density at radius 2 is 1.76 bits per heavy atom. The zero-order chi connectivity index (χ0) is 21.4. The average Bonchev–Trinajstić information content (AvgIpc) is 2.67. The van der Waals surface area contributed by atoms with Gasteiger partial charge in [-0.2, -0.15) is 0 Å². The highest BCUT2D eigenvalue weighted by Crippen LogP contribution is 2.21. The summed E-state index contributed by atoms with van der Waals surface area (Å²) in [5.41, 5.74) is 2.92. The molecule has 1 unspecified atom stereocenters. The molecule has 29 heavy (non-hydrogen) atoms. The number of nitrogens with zero attached hydrogens (tertiary/aromatic N) is 1. The van der Waals surface area contributed by atoms with Crippen LogP contribution in [0, 0.1) is 13.8 Å². The van der Waals surface area contributed by atoms with E-state index in [4.69, 9.17) is 16.3 Å². The minimum absolute atomic E-state index is 0.150. The Morgan fingerprint density at radius 1 is 1.10 bits per heavy atom. The number of carbonyl (C=O) groups is 2. The molecule has 1 atom stereocenters.